The standard InChI is InChI=1S/C17H27N5/c1-13-4-2-3-9-22(13)14-10-21(11-14)17-15-5-7-18-8-6-16(15)19-12-20-17/h12-14,18H,2-11H2,1H3. The number of hydrogen-bond acceptors (Lipinski definition) is 5. The van der Waals surface area contributed by atoms with Crippen molar-refractivity contribution >= 4 is 5.82 Å². The van der Waals surface area contributed by atoms with E-state index in [0.717, 1.165) is 51.1 Å². The Hall–Kier alpha value is -1.20. The lowest BCUT2D eigenvalue weighted by Gasteiger charge is -2.50. The predicted molar refractivity (Wildman–Crippen MR) is 88.3 cm³/mol. The molecule has 22 heavy (non-hydrogen) atoms. The van der Waals surface area contributed by atoms with E-state index in [1.54, 1.807) is 6.33 Å². The molecule has 0 spiro atoms. The molecule has 0 saturated carbocycles. The summed E-state index contributed by atoms with van der Waals surface area (Å²) in [5.41, 5.74) is 2.64. The number of nitrogens with zero attached hydrogens (tertiary/aromatic N) is 4. The molecule has 120 valence electrons. The van der Waals surface area contributed by atoms with E-state index < -0.39 is 0 Å². The summed E-state index contributed by atoms with van der Waals surface area (Å²) >= 11 is 0. The molecular weight excluding hydrogens is 274 g/mol. The summed E-state index contributed by atoms with van der Waals surface area (Å²) in [5, 5.41) is 3.47. The van der Waals surface area contributed by atoms with Crippen molar-refractivity contribution in [2.24, 2.45) is 0 Å². The third-order valence-electron chi connectivity index (χ3n) is 5.59. The van der Waals surface area contributed by atoms with Crippen LogP contribution in [0.1, 0.15) is 37.4 Å². The van der Waals surface area contributed by atoms with Crippen molar-refractivity contribution in [3.8, 4) is 0 Å². The fourth-order valence-corrected chi connectivity index (χ4v) is 4.23. The number of aromatic nitrogens is 2. The number of anilines is 1. The lowest BCUT2D eigenvalue weighted by Crippen LogP contribution is -2.62. The molecule has 1 N–H and O–H groups in total. The maximum Gasteiger partial charge on any atom is 0.135 e. The molecule has 2 fully saturated rings. The van der Waals surface area contributed by atoms with Crippen molar-refractivity contribution in [3.63, 3.8) is 0 Å². The summed E-state index contributed by atoms with van der Waals surface area (Å²) in [6.07, 6.45) is 8.00. The van der Waals surface area contributed by atoms with Crippen LogP contribution in [0.5, 0.6) is 0 Å². The van der Waals surface area contributed by atoms with Gasteiger partial charge in [-0.2, -0.15) is 0 Å². The Morgan fingerprint density at radius 1 is 1.14 bits per heavy atom. The zero-order chi connectivity index (χ0) is 14.9. The van der Waals surface area contributed by atoms with Gasteiger partial charge in [-0.25, -0.2) is 9.97 Å². The molecule has 0 radical (unpaired) electrons. The normalized spacial score (nSPS) is 27.1. The van der Waals surface area contributed by atoms with Crippen LogP contribution < -0.4 is 10.2 Å². The van der Waals surface area contributed by atoms with Gasteiger partial charge in [-0.1, -0.05) is 6.42 Å². The quantitative estimate of drug-likeness (QED) is 0.890. The van der Waals surface area contributed by atoms with Crippen molar-refractivity contribution < 1.29 is 0 Å². The Balaban J connectivity index is 1.46. The van der Waals surface area contributed by atoms with Crippen molar-refractivity contribution in [2.45, 2.75) is 51.1 Å². The van der Waals surface area contributed by atoms with Crippen LogP contribution in [0.25, 0.3) is 0 Å². The van der Waals surface area contributed by atoms with Crippen molar-refractivity contribution in [1.82, 2.24) is 20.2 Å². The summed E-state index contributed by atoms with van der Waals surface area (Å²) < 4.78 is 0. The summed E-state index contributed by atoms with van der Waals surface area (Å²) in [6, 6.07) is 1.48. The van der Waals surface area contributed by atoms with E-state index in [2.05, 4.69) is 32.0 Å². The van der Waals surface area contributed by atoms with Gasteiger partial charge in [0, 0.05) is 43.7 Å². The SMILES string of the molecule is CC1CCCCN1C1CN(c2ncnc3c2CCNCC3)C1. The molecule has 5 nitrogen and oxygen atoms in total. The second-order valence-electron chi connectivity index (χ2n) is 7.01. The molecule has 0 aromatic carbocycles. The average Bonchev–Trinajstić information content (AvgIpc) is 2.73. The molecule has 1 atom stereocenters. The van der Waals surface area contributed by atoms with Crippen LogP contribution in [0.4, 0.5) is 5.82 Å². The summed E-state index contributed by atoms with van der Waals surface area (Å²) in [5.74, 6) is 1.20. The Bertz CT molecular complexity index is 526. The van der Waals surface area contributed by atoms with E-state index in [4.69, 9.17) is 0 Å². The first-order valence-corrected chi connectivity index (χ1v) is 8.87. The van der Waals surface area contributed by atoms with Gasteiger partial charge in [0.15, 0.2) is 0 Å². The molecule has 5 heteroatoms. The van der Waals surface area contributed by atoms with Crippen LogP contribution in [-0.2, 0) is 12.8 Å². The van der Waals surface area contributed by atoms with Crippen LogP contribution in [0.15, 0.2) is 6.33 Å². The van der Waals surface area contributed by atoms with Gasteiger partial charge in [0.1, 0.15) is 12.1 Å². The zero-order valence-corrected chi connectivity index (χ0v) is 13.6. The number of hydrogen-bond donors (Lipinski definition) is 1. The van der Waals surface area contributed by atoms with Crippen LogP contribution >= 0.6 is 0 Å². The molecule has 1 aromatic rings. The Labute approximate surface area is 133 Å². The summed E-state index contributed by atoms with van der Waals surface area (Å²) in [4.78, 5) is 14.3. The van der Waals surface area contributed by atoms with Crippen LogP contribution in [0.3, 0.4) is 0 Å². The fraction of sp³-hybridized carbons (Fsp3) is 0.765. The highest BCUT2D eigenvalue weighted by atomic mass is 15.3. The first-order valence-electron chi connectivity index (χ1n) is 8.87. The van der Waals surface area contributed by atoms with Gasteiger partial charge in [-0.05, 0) is 39.3 Å². The Morgan fingerprint density at radius 2 is 2.00 bits per heavy atom. The topological polar surface area (TPSA) is 44.3 Å². The van der Waals surface area contributed by atoms with Crippen LogP contribution in [-0.4, -0.2) is 59.7 Å². The maximum atomic E-state index is 4.62. The van der Waals surface area contributed by atoms with E-state index in [-0.39, 0.29) is 0 Å². The third-order valence-corrected chi connectivity index (χ3v) is 5.59. The number of fused-ring (bicyclic) bond motifs is 1. The first kappa shape index (κ1) is 14.4. The van der Waals surface area contributed by atoms with E-state index in [1.165, 1.54) is 42.9 Å². The first-order chi connectivity index (χ1) is 10.8. The second kappa shape index (κ2) is 6.13. The monoisotopic (exact) mass is 301 g/mol. The molecule has 0 amide bonds. The van der Waals surface area contributed by atoms with Gasteiger partial charge >= 0.3 is 0 Å². The zero-order valence-electron chi connectivity index (χ0n) is 13.6. The second-order valence-corrected chi connectivity index (χ2v) is 7.01. The highest BCUT2D eigenvalue weighted by Crippen LogP contribution is 2.30. The van der Waals surface area contributed by atoms with E-state index in [0.29, 0.717) is 0 Å². The Kier molecular flexibility index (Phi) is 4.01. The lowest BCUT2D eigenvalue weighted by atomic mass is 9.97. The molecule has 3 aliphatic rings. The minimum atomic E-state index is 0.727. The number of rotatable bonds is 2. The molecule has 0 aliphatic carbocycles. The third kappa shape index (κ3) is 2.61. The predicted octanol–water partition coefficient (Wildman–Crippen LogP) is 1.23. The molecule has 2 saturated heterocycles. The molecule has 1 unspecified atom stereocenters. The van der Waals surface area contributed by atoms with Gasteiger partial charge < -0.3 is 10.2 Å². The van der Waals surface area contributed by atoms with Crippen LogP contribution in [0, 0.1) is 0 Å². The van der Waals surface area contributed by atoms with E-state index in [9.17, 15) is 0 Å². The largest absolute Gasteiger partial charge is 0.353 e. The van der Waals surface area contributed by atoms with E-state index in [1.807, 2.05) is 0 Å². The van der Waals surface area contributed by atoms with E-state index >= 15 is 0 Å². The van der Waals surface area contributed by atoms with Gasteiger partial charge in [0.05, 0.1) is 5.69 Å². The minimum Gasteiger partial charge on any atom is -0.353 e. The fourth-order valence-electron chi connectivity index (χ4n) is 4.23. The average molecular weight is 301 g/mol. The van der Waals surface area contributed by atoms with Crippen molar-refractivity contribution in [1.29, 1.82) is 0 Å². The minimum absolute atomic E-state index is 0.727. The highest BCUT2D eigenvalue weighted by molar-refractivity contribution is 5.52. The van der Waals surface area contributed by atoms with Gasteiger partial charge in [-0.3, -0.25) is 4.90 Å². The molecule has 4 rings (SSSR count). The summed E-state index contributed by atoms with van der Waals surface area (Å²) in [7, 11) is 0. The number of nitrogens with one attached hydrogen (secondary N) is 1. The molecule has 0 bridgehead atoms. The molecule has 4 heterocycles. The van der Waals surface area contributed by atoms with Crippen LogP contribution in [0.2, 0.25) is 0 Å². The van der Waals surface area contributed by atoms with Gasteiger partial charge in [-0.15, -0.1) is 0 Å². The summed E-state index contributed by atoms with van der Waals surface area (Å²) in [6.45, 7) is 8.04. The van der Waals surface area contributed by atoms with Gasteiger partial charge in [0.25, 0.3) is 0 Å². The number of piperidine rings is 1. The lowest BCUT2D eigenvalue weighted by molar-refractivity contribution is 0.0872. The molecule has 3 aliphatic heterocycles. The molecular formula is C17H27N5. The smallest absolute Gasteiger partial charge is 0.135 e. The Morgan fingerprint density at radius 3 is 2.86 bits per heavy atom. The highest BCUT2D eigenvalue weighted by Gasteiger charge is 2.36. The van der Waals surface area contributed by atoms with Crippen molar-refractivity contribution in [3.05, 3.63) is 17.6 Å². The van der Waals surface area contributed by atoms with Crippen molar-refractivity contribution in [2.75, 3.05) is 37.6 Å². The van der Waals surface area contributed by atoms with Gasteiger partial charge in [0.2, 0.25) is 0 Å². The maximum absolute atomic E-state index is 4.62. The molecule has 1 aromatic heterocycles. The number of likely N-dealkylation sites (tertiary alicyclic amines) is 1.